The van der Waals surface area contributed by atoms with Crippen molar-refractivity contribution in [2.45, 2.75) is 37.6 Å². The SMILES string of the molecule is NC1(C(=O)Nc2cc([N+](=O)[O-])c(F)cc2F)CCCCC1. The molecule has 0 spiro atoms. The molecule has 1 aromatic rings. The molecule has 0 bridgehead atoms. The second kappa shape index (κ2) is 5.72. The van der Waals surface area contributed by atoms with Crippen LogP contribution in [-0.2, 0) is 4.79 Å². The monoisotopic (exact) mass is 299 g/mol. The summed E-state index contributed by atoms with van der Waals surface area (Å²) in [6, 6.07) is 1.03. The molecular weight excluding hydrogens is 284 g/mol. The summed E-state index contributed by atoms with van der Waals surface area (Å²) >= 11 is 0. The zero-order chi connectivity index (χ0) is 15.6. The number of nitrogens with zero attached hydrogens (tertiary/aromatic N) is 1. The zero-order valence-corrected chi connectivity index (χ0v) is 11.2. The maximum atomic E-state index is 13.6. The van der Waals surface area contributed by atoms with Gasteiger partial charge in [0.05, 0.1) is 16.1 Å². The Balaban J connectivity index is 2.24. The Hall–Kier alpha value is -2.09. The van der Waals surface area contributed by atoms with E-state index in [-0.39, 0.29) is 0 Å². The van der Waals surface area contributed by atoms with E-state index in [1.54, 1.807) is 0 Å². The van der Waals surface area contributed by atoms with E-state index in [4.69, 9.17) is 5.73 Å². The maximum absolute atomic E-state index is 13.6. The van der Waals surface area contributed by atoms with E-state index in [1.165, 1.54) is 0 Å². The van der Waals surface area contributed by atoms with E-state index in [2.05, 4.69) is 5.32 Å². The molecule has 0 radical (unpaired) electrons. The molecule has 0 aromatic heterocycles. The van der Waals surface area contributed by atoms with E-state index in [1.807, 2.05) is 0 Å². The van der Waals surface area contributed by atoms with Crippen molar-refractivity contribution < 1.29 is 18.5 Å². The van der Waals surface area contributed by atoms with Gasteiger partial charge in [0.25, 0.3) is 0 Å². The number of nitro groups is 1. The van der Waals surface area contributed by atoms with Crippen molar-refractivity contribution in [3.63, 3.8) is 0 Å². The number of carbonyl (C=O) groups is 1. The number of hydrogen-bond acceptors (Lipinski definition) is 4. The largest absolute Gasteiger partial charge is 0.322 e. The van der Waals surface area contributed by atoms with Gasteiger partial charge in [-0.2, -0.15) is 4.39 Å². The van der Waals surface area contributed by atoms with Crippen LogP contribution in [0.25, 0.3) is 0 Å². The van der Waals surface area contributed by atoms with Gasteiger partial charge in [-0.25, -0.2) is 4.39 Å². The number of benzene rings is 1. The predicted octanol–water partition coefficient (Wildman–Crippen LogP) is 2.47. The first-order chi connectivity index (χ1) is 9.83. The van der Waals surface area contributed by atoms with Gasteiger partial charge in [0.15, 0.2) is 0 Å². The second-order valence-electron chi connectivity index (χ2n) is 5.21. The molecule has 1 aliphatic rings. The molecular formula is C13H15F2N3O3. The minimum Gasteiger partial charge on any atom is -0.322 e. The van der Waals surface area contributed by atoms with Crippen LogP contribution in [0.4, 0.5) is 20.2 Å². The number of nitro benzene ring substituents is 1. The Labute approximate surface area is 119 Å². The van der Waals surface area contributed by atoms with Gasteiger partial charge >= 0.3 is 5.69 Å². The quantitative estimate of drug-likeness (QED) is 0.661. The molecule has 6 nitrogen and oxygen atoms in total. The molecule has 0 saturated heterocycles. The molecule has 2 rings (SSSR count). The fourth-order valence-electron chi connectivity index (χ4n) is 2.43. The van der Waals surface area contributed by atoms with Crippen molar-refractivity contribution in [3.05, 3.63) is 33.9 Å². The summed E-state index contributed by atoms with van der Waals surface area (Å²) < 4.78 is 26.9. The zero-order valence-electron chi connectivity index (χ0n) is 11.2. The van der Waals surface area contributed by atoms with Crippen LogP contribution in [0.1, 0.15) is 32.1 Å². The third-order valence-corrected chi connectivity index (χ3v) is 3.68. The molecule has 0 unspecified atom stereocenters. The van der Waals surface area contributed by atoms with Crippen LogP contribution in [0.15, 0.2) is 12.1 Å². The molecule has 1 fully saturated rings. The van der Waals surface area contributed by atoms with E-state index in [0.717, 1.165) is 19.3 Å². The molecule has 114 valence electrons. The van der Waals surface area contributed by atoms with Crippen LogP contribution < -0.4 is 11.1 Å². The van der Waals surface area contributed by atoms with Crippen molar-refractivity contribution in [3.8, 4) is 0 Å². The summed E-state index contributed by atoms with van der Waals surface area (Å²) in [5.74, 6) is -2.98. The highest BCUT2D eigenvalue weighted by Crippen LogP contribution is 2.29. The lowest BCUT2D eigenvalue weighted by atomic mass is 9.82. The van der Waals surface area contributed by atoms with Crippen molar-refractivity contribution >= 4 is 17.3 Å². The fraction of sp³-hybridized carbons (Fsp3) is 0.462. The second-order valence-corrected chi connectivity index (χ2v) is 5.21. The number of carbonyl (C=O) groups excluding carboxylic acids is 1. The van der Waals surface area contributed by atoms with Crippen LogP contribution >= 0.6 is 0 Å². The van der Waals surface area contributed by atoms with Crippen molar-refractivity contribution in [1.29, 1.82) is 0 Å². The highest BCUT2D eigenvalue weighted by Gasteiger charge is 2.36. The topological polar surface area (TPSA) is 98.3 Å². The lowest BCUT2D eigenvalue weighted by molar-refractivity contribution is -0.387. The number of rotatable bonds is 3. The normalized spacial score (nSPS) is 17.3. The molecule has 0 atom stereocenters. The Kier molecular flexibility index (Phi) is 4.17. The molecule has 1 saturated carbocycles. The fourth-order valence-corrected chi connectivity index (χ4v) is 2.43. The first-order valence-electron chi connectivity index (χ1n) is 6.57. The molecule has 1 aromatic carbocycles. The van der Waals surface area contributed by atoms with Gasteiger partial charge in [0.2, 0.25) is 11.7 Å². The van der Waals surface area contributed by atoms with Crippen LogP contribution in [0.5, 0.6) is 0 Å². The van der Waals surface area contributed by atoms with Gasteiger partial charge in [-0.05, 0) is 12.8 Å². The molecule has 1 aliphatic carbocycles. The van der Waals surface area contributed by atoms with E-state index < -0.39 is 39.4 Å². The minimum absolute atomic E-state index is 0.373. The third-order valence-electron chi connectivity index (χ3n) is 3.68. The van der Waals surface area contributed by atoms with Gasteiger partial charge in [0, 0.05) is 12.1 Å². The van der Waals surface area contributed by atoms with Gasteiger partial charge in [-0.15, -0.1) is 0 Å². The Morgan fingerprint density at radius 2 is 1.86 bits per heavy atom. The molecule has 0 aliphatic heterocycles. The molecule has 8 heteroatoms. The first-order valence-corrected chi connectivity index (χ1v) is 6.57. The van der Waals surface area contributed by atoms with Crippen molar-refractivity contribution in [2.24, 2.45) is 5.73 Å². The van der Waals surface area contributed by atoms with Crippen LogP contribution in [0.2, 0.25) is 0 Å². The van der Waals surface area contributed by atoms with E-state index in [0.29, 0.717) is 25.0 Å². The van der Waals surface area contributed by atoms with Crippen molar-refractivity contribution in [1.82, 2.24) is 0 Å². The van der Waals surface area contributed by atoms with Gasteiger partial charge in [-0.1, -0.05) is 19.3 Å². The van der Waals surface area contributed by atoms with Crippen LogP contribution in [-0.4, -0.2) is 16.4 Å². The standard InChI is InChI=1S/C13H15F2N3O3/c14-8-6-9(15)11(18(20)21)7-10(8)17-12(19)13(16)4-2-1-3-5-13/h6-7H,1-5,16H2,(H,17,19). The van der Waals surface area contributed by atoms with Gasteiger partial charge in [-0.3, -0.25) is 14.9 Å². The first kappa shape index (κ1) is 15.3. The van der Waals surface area contributed by atoms with Crippen LogP contribution in [0.3, 0.4) is 0 Å². The Bertz CT molecular complexity index is 586. The summed E-state index contributed by atoms with van der Waals surface area (Å²) in [7, 11) is 0. The summed E-state index contributed by atoms with van der Waals surface area (Å²) in [6.45, 7) is 0. The Morgan fingerprint density at radius 1 is 1.24 bits per heavy atom. The molecule has 0 heterocycles. The minimum atomic E-state index is -1.30. The predicted molar refractivity (Wildman–Crippen MR) is 71.6 cm³/mol. The molecule has 21 heavy (non-hydrogen) atoms. The average molecular weight is 299 g/mol. The lowest BCUT2D eigenvalue weighted by Gasteiger charge is -2.31. The average Bonchev–Trinajstić information content (AvgIpc) is 2.42. The number of anilines is 1. The summed E-state index contributed by atoms with van der Waals surface area (Å²) in [4.78, 5) is 21.8. The van der Waals surface area contributed by atoms with E-state index in [9.17, 15) is 23.7 Å². The smallest absolute Gasteiger partial charge is 0.307 e. The van der Waals surface area contributed by atoms with Gasteiger partial charge < -0.3 is 11.1 Å². The number of halogens is 2. The highest BCUT2D eigenvalue weighted by atomic mass is 19.1. The van der Waals surface area contributed by atoms with Crippen molar-refractivity contribution in [2.75, 3.05) is 5.32 Å². The molecule has 1 amide bonds. The summed E-state index contributed by atoms with van der Waals surface area (Å²) in [5.41, 5.74) is 3.53. The third kappa shape index (κ3) is 3.15. The number of hydrogen-bond donors (Lipinski definition) is 2. The Morgan fingerprint density at radius 3 is 2.43 bits per heavy atom. The van der Waals surface area contributed by atoms with Gasteiger partial charge in [0.1, 0.15) is 5.82 Å². The maximum Gasteiger partial charge on any atom is 0.307 e. The molecule has 3 N–H and O–H groups in total. The highest BCUT2D eigenvalue weighted by molar-refractivity contribution is 5.98. The number of nitrogens with one attached hydrogen (secondary N) is 1. The number of nitrogens with two attached hydrogens (primary N) is 1. The van der Waals surface area contributed by atoms with E-state index >= 15 is 0 Å². The lowest BCUT2D eigenvalue weighted by Crippen LogP contribution is -2.52. The summed E-state index contributed by atoms with van der Waals surface area (Å²) in [5, 5.41) is 12.9. The van der Waals surface area contributed by atoms with Crippen LogP contribution in [0, 0.1) is 21.7 Å². The number of amides is 1. The summed E-state index contributed by atoms with van der Waals surface area (Å²) in [6.07, 6.45) is 3.47.